The van der Waals surface area contributed by atoms with Crippen molar-refractivity contribution in [2.24, 2.45) is 0 Å². The Morgan fingerprint density at radius 3 is 2.77 bits per heavy atom. The second kappa shape index (κ2) is 10.2. The van der Waals surface area contributed by atoms with Gasteiger partial charge in [-0.2, -0.15) is 4.98 Å². The van der Waals surface area contributed by atoms with Crippen LogP contribution in [-0.4, -0.2) is 50.8 Å². The molecule has 200 valence electrons. The number of ether oxygens (including phenoxy) is 1. The fraction of sp³-hybridized carbons (Fsp3) is 0.143. The number of carbonyl (C=O) groups is 3. The number of nitrogens with one attached hydrogen (secondary N) is 2. The molecular weight excluding hydrogens is 530 g/mol. The molecule has 0 aliphatic carbocycles. The number of para-hydroxylation sites is 1. The number of hydrogen-bond donors (Lipinski definition) is 2. The Labute approximate surface area is 232 Å². The zero-order valence-corrected chi connectivity index (χ0v) is 22.2. The Morgan fingerprint density at radius 2 is 2.00 bits per heavy atom. The molecule has 0 atom stereocenters. The van der Waals surface area contributed by atoms with Crippen LogP contribution in [-0.2, 0) is 4.79 Å². The van der Waals surface area contributed by atoms with Gasteiger partial charge in [0, 0.05) is 18.4 Å². The van der Waals surface area contributed by atoms with Gasteiger partial charge in [-0.3, -0.25) is 14.5 Å². The molecule has 6 rings (SSSR count). The lowest BCUT2D eigenvalue weighted by molar-refractivity contribution is -0.125. The standard InChI is InChI=1S/C28H23N7O4S/c1-3-21(36)34-13-7-8-17(15-34)32-25(37)24-23-22-19(11-12-29-26(22)40-24)35(28(38)33-23)20-14-30-27(31-16(20)2)39-18-9-5-4-6-10-18/h3-6,8-12,14H,1,7,13,15H2,2H3,(H,32,37)(H,33,38). The third kappa shape index (κ3) is 4.54. The van der Waals surface area contributed by atoms with Crippen molar-refractivity contribution in [2.45, 2.75) is 13.3 Å². The first-order valence-electron chi connectivity index (χ1n) is 12.4. The molecule has 3 aromatic heterocycles. The highest BCUT2D eigenvalue weighted by molar-refractivity contribution is 7.21. The van der Waals surface area contributed by atoms with E-state index >= 15 is 0 Å². The van der Waals surface area contributed by atoms with Gasteiger partial charge < -0.3 is 20.3 Å². The number of amides is 4. The highest BCUT2D eigenvalue weighted by Crippen LogP contribution is 2.46. The van der Waals surface area contributed by atoms with Crippen LogP contribution in [0.5, 0.6) is 11.8 Å². The smallest absolute Gasteiger partial charge is 0.331 e. The number of thiophene rings is 1. The summed E-state index contributed by atoms with van der Waals surface area (Å²) in [6.45, 7) is 6.12. The Kier molecular flexibility index (Phi) is 6.44. The number of aryl methyl sites for hydroxylation is 1. The van der Waals surface area contributed by atoms with Crippen LogP contribution in [0.25, 0.3) is 10.2 Å². The molecule has 2 N–H and O–H groups in total. The number of carbonyl (C=O) groups excluding carboxylic acids is 3. The molecule has 11 nitrogen and oxygen atoms in total. The Balaban J connectivity index is 1.31. The summed E-state index contributed by atoms with van der Waals surface area (Å²) in [4.78, 5) is 56.0. The molecule has 0 radical (unpaired) electrons. The second-order valence-corrected chi connectivity index (χ2v) is 10.1. The quantitative estimate of drug-likeness (QED) is 0.325. The van der Waals surface area contributed by atoms with Gasteiger partial charge in [-0.15, -0.1) is 11.3 Å². The van der Waals surface area contributed by atoms with Crippen LogP contribution >= 0.6 is 11.3 Å². The molecular formula is C28H23N7O4S. The second-order valence-electron chi connectivity index (χ2n) is 9.06. The van der Waals surface area contributed by atoms with E-state index in [1.54, 1.807) is 36.2 Å². The molecule has 1 aromatic carbocycles. The summed E-state index contributed by atoms with van der Waals surface area (Å²) < 4.78 is 5.74. The molecule has 0 unspecified atom stereocenters. The Morgan fingerprint density at radius 1 is 1.18 bits per heavy atom. The molecule has 40 heavy (non-hydrogen) atoms. The average Bonchev–Trinajstić information content (AvgIpc) is 3.33. The van der Waals surface area contributed by atoms with Crippen molar-refractivity contribution in [3.8, 4) is 11.8 Å². The molecule has 2 aliphatic rings. The molecule has 0 fully saturated rings. The van der Waals surface area contributed by atoms with Crippen molar-refractivity contribution < 1.29 is 19.1 Å². The topological polar surface area (TPSA) is 130 Å². The Bertz CT molecular complexity index is 1720. The van der Waals surface area contributed by atoms with E-state index in [2.05, 4.69) is 32.2 Å². The number of aromatic nitrogens is 3. The minimum absolute atomic E-state index is 0.158. The predicted molar refractivity (Wildman–Crippen MR) is 151 cm³/mol. The maximum absolute atomic E-state index is 13.5. The summed E-state index contributed by atoms with van der Waals surface area (Å²) in [5.41, 5.74) is 2.55. The van der Waals surface area contributed by atoms with Crippen LogP contribution in [0.3, 0.4) is 0 Å². The molecule has 0 saturated heterocycles. The van der Waals surface area contributed by atoms with Crippen molar-refractivity contribution in [1.29, 1.82) is 0 Å². The van der Waals surface area contributed by atoms with Crippen LogP contribution in [0.2, 0.25) is 0 Å². The number of nitrogens with zero attached hydrogens (tertiary/aromatic N) is 5. The molecule has 12 heteroatoms. The summed E-state index contributed by atoms with van der Waals surface area (Å²) in [6.07, 6.45) is 6.88. The molecule has 2 aliphatic heterocycles. The lowest BCUT2D eigenvalue weighted by Crippen LogP contribution is -2.39. The fourth-order valence-electron chi connectivity index (χ4n) is 4.64. The minimum atomic E-state index is -0.462. The molecule has 4 amide bonds. The van der Waals surface area contributed by atoms with Gasteiger partial charge in [0.15, 0.2) is 0 Å². The van der Waals surface area contributed by atoms with Crippen LogP contribution in [0.4, 0.5) is 21.9 Å². The first kappa shape index (κ1) is 25.2. The van der Waals surface area contributed by atoms with E-state index in [0.29, 0.717) is 62.3 Å². The van der Waals surface area contributed by atoms with E-state index in [0.717, 1.165) is 0 Å². The van der Waals surface area contributed by atoms with E-state index in [9.17, 15) is 14.4 Å². The number of urea groups is 1. The summed E-state index contributed by atoms with van der Waals surface area (Å²) in [5.74, 6) is 0.00893. The van der Waals surface area contributed by atoms with Gasteiger partial charge in [0.25, 0.3) is 5.91 Å². The minimum Gasteiger partial charge on any atom is -0.424 e. The summed E-state index contributed by atoms with van der Waals surface area (Å²) >= 11 is 1.18. The van der Waals surface area contributed by atoms with E-state index < -0.39 is 11.9 Å². The fourth-order valence-corrected chi connectivity index (χ4v) is 5.65. The molecule has 0 spiro atoms. The molecule has 0 saturated carbocycles. The van der Waals surface area contributed by atoms with Gasteiger partial charge in [0.2, 0.25) is 5.91 Å². The normalized spacial score (nSPS) is 14.4. The predicted octanol–water partition coefficient (Wildman–Crippen LogP) is 4.90. The van der Waals surface area contributed by atoms with E-state index in [1.165, 1.54) is 28.5 Å². The summed E-state index contributed by atoms with van der Waals surface area (Å²) in [7, 11) is 0. The first-order valence-corrected chi connectivity index (χ1v) is 13.3. The summed E-state index contributed by atoms with van der Waals surface area (Å²) in [5, 5.41) is 6.41. The number of pyridine rings is 1. The number of anilines is 3. The van der Waals surface area contributed by atoms with Gasteiger partial charge in [-0.05, 0) is 37.6 Å². The van der Waals surface area contributed by atoms with Gasteiger partial charge in [0.05, 0.1) is 40.9 Å². The van der Waals surface area contributed by atoms with Crippen molar-refractivity contribution in [2.75, 3.05) is 23.3 Å². The SMILES string of the molecule is C=CC(=O)N1CCC=C(NC(=O)c2sc3nccc4c3c2NC(=O)N4c2cnc(Oc3ccccc3)nc2C)C1. The number of benzene rings is 1. The van der Waals surface area contributed by atoms with Crippen LogP contribution in [0, 0.1) is 6.92 Å². The molecule has 4 aromatic rings. The lowest BCUT2D eigenvalue weighted by Gasteiger charge is -2.29. The van der Waals surface area contributed by atoms with Gasteiger partial charge >= 0.3 is 12.0 Å². The maximum Gasteiger partial charge on any atom is 0.331 e. The van der Waals surface area contributed by atoms with Crippen molar-refractivity contribution in [3.63, 3.8) is 0 Å². The highest BCUT2D eigenvalue weighted by atomic mass is 32.1. The van der Waals surface area contributed by atoms with Crippen LogP contribution < -0.4 is 20.3 Å². The van der Waals surface area contributed by atoms with E-state index in [-0.39, 0.29) is 18.5 Å². The average molecular weight is 554 g/mol. The summed E-state index contributed by atoms with van der Waals surface area (Å²) in [6, 6.07) is 10.6. The van der Waals surface area contributed by atoms with Gasteiger partial charge in [-0.25, -0.2) is 14.8 Å². The third-order valence-electron chi connectivity index (χ3n) is 6.49. The first-order chi connectivity index (χ1) is 19.4. The number of rotatable bonds is 6. The largest absolute Gasteiger partial charge is 0.424 e. The van der Waals surface area contributed by atoms with Gasteiger partial charge in [0.1, 0.15) is 15.5 Å². The van der Waals surface area contributed by atoms with E-state index in [4.69, 9.17) is 4.74 Å². The van der Waals surface area contributed by atoms with Crippen molar-refractivity contribution in [1.82, 2.24) is 25.2 Å². The van der Waals surface area contributed by atoms with Crippen LogP contribution in [0.1, 0.15) is 21.8 Å². The lowest BCUT2D eigenvalue weighted by atomic mass is 10.1. The third-order valence-corrected chi connectivity index (χ3v) is 7.58. The van der Waals surface area contributed by atoms with Crippen molar-refractivity contribution >= 4 is 56.5 Å². The van der Waals surface area contributed by atoms with Crippen molar-refractivity contribution in [3.05, 3.63) is 83.8 Å². The van der Waals surface area contributed by atoms with Gasteiger partial charge in [-0.1, -0.05) is 30.9 Å². The number of hydrogen-bond acceptors (Lipinski definition) is 8. The zero-order chi connectivity index (χ0) is 27.8. The maximum atomic E-state index is 13.5. The Hall–Kier alpha value is -5.10. The zero-order valence-electron chi connectivity index (χ0n) is 21.4. The highest BCUT2D eigenvalue weighted by Gasteiger charge is 2.34. The molecule has 0 bridgehead atoms. The molecule has 5 heterocycles. The van der Waals surface area contributed by atoms with E-state index in [1.807, 2.05) is 24.3 Å². The monoisotopic (exact) mass is 553 g/mol. The van der Waals surface area contributed by atoms with Crippen LogP contribution in [0.15, 0.2) is 73.2 Å².